The van der Waals surface area contributed by atoms with Crippen molar-refractivity contribution in [2.45, 2.75) is 6.42 Å². The van der Waals surface area contributed by atoms with Gasteiger partial charge in [0.05, 0.1) is 6.61 Å². The van der Waals surface area contributed by atoms with E-state index >= 15 is 0 Å². The molecule has 0 saturated carbocycles. The molecule has 2 heteroatoms. The maximum absolute atomic E-state index is 8.03. The van der Waals surface area contributed by atoms with Gasteiger partial charge in [-0.1, -0.05) is 0 Å². The first kappa shape index (κ1) is 5.92. The third-order valence-corrected chi connectivity index (χ3v) is 0.523. The molecule has 0 heterocycles. The summed E-state index contributed by atoms with van der Waals surface area (Å²) in [5, 5.41) is 10.9. The summed E-state index contributed by atoms with van der Waals surface area (Å²) in [4.78, 5) is 0. The van der Waals surface area contributed by atoms with Crippen molar-refractivity contribution in [2.75, 3.05) is 13.6 Å². The fraction of sp³-hybridized carbons (Fsp3) is 0.750. The predicted octanol–water partition coefficient (Wildman–Crippen LogP) is 0.130. The standard InChI is InChI=1S/C4H10NO/c1-5-3-2-4-6/h4-6H,2-3H2,1H3. The van der Waals surface area contributed by atoms with Gasteiger partial charge in [-0.3, -0.25) is 0 Å². The van der Waals surface area contributed by atoms with E-state index in [1.54, 1.807) is 0 Å². The van der Waals surface area contributed by atoms with E-state index in [1.807, 2.05) is 7.05 Å². The van der Waals surface area contributed by atoms with Crippen LogP contribution in [0.15, 0.2) is 0 Å². The van der Waals surface area contributed by atoms with Gasteiger partial charge in [0.15, 0.2) is 0 Å². The molecule has 0 aliphatic heterocycles. The van der Waals surface area contributed by atoms with E-state index in [4.69, 9.17) is 5.11 Å². The van der Waals surface area contributed by atoms with Crippen LogP contribution in [0.1, 0.15) is 6.42 Å². The highest BCUT2D eigenvalue weighted by Gasteiger charge is 1.75. The van der Waals surface area contributed by atoms with Gasteiger partial charge in [0.2, 0.25) is 0 Å². The summed E-state index contributed by atoms with van der Waals surface area (Å²) < 4.78 is 0. The van der Waals surface area contributed by atoms with Gasteiger partial charge in [-0.15, -0.1) is 0 Å². The Morgan fingerprint density at radius 3 is 2.67 bits per heavy atom. The Kier molecular flexibility index (Phi) is 4.85. The maximum Gasteiger partial charge on any atom is 0.0811 e. The number of nitrogens with one attached hydrogen (secondary N) is 1. The largest absolute Gasteiger partial charge is 0.390 e. The van der Waals surface area contributed by atoms with E-state index in [0.29, 0.717) is 0 Å². The maximum atomic E-state index is 8.03. The number of rotatable bonds is 3. The summed E-state index contributed by atoms with van der Waals surface area (Å²) in [6, 6.07) is 0. The van der Waals surface area contributed by atoms with Crippen LogP contribution in [0.5, 0.6) is 0 Å². The first-order valence-electron chi connectivity index (χ1n) is 2.02. The smallest absolute Gasteiger partial charge is 0.0811 e. The SMILES string of the molecule is CNCC[CH]O. The van der Waals surface area contributed by atoms with Crippen LogP contribution < -0.4 is 5.32 Å². The Hall–Kier alpha value is -0.0800. The summed E-state index contributed by atoms with van der Waals surface area (Å²) in [5.74, 6) is 0. The molecule has 6 heavy (non-hydrogen) atoms. The van der Waals surface area contributed by atoms with Crippen LogP contribution in [-0.4, -0.2) is 18.7 Å². The minimum atomic E-state index is 0.733. The lowest BCUT2D eigenvalue weighted by Crippen LogP contribution is -2.06. The molecule has 0 amide bonds. The van der Waals surface area contributed by atoms with Gasteiger partial charge in [-0.05, 0) is 20.0 Å². The zero-order valence-corrected chi connectivity index (χ0v) is 3.94. The zero-order valence-electron chi connectivity index (χ0n) is 3.94. The molecule has 37 valence electrons. The van der Waals surface area contributed by atoms with E-state index < -0.39 is 0 Å². The van der Waals surface area contributed by atoms with Gasteiger partial charge in [-0.25, -0.2) is 0 Å². The molecule has 0 aromatic heterocycles. The molecular weight excluding hydrogens is 78.0 g/mol. The summed E-state index contributed by atoms with van der Waals surface area (Å²) >= 11 is 0. The molecule has 0 rings (SSSR count). The molecule has 0 spiro atoms. The summed E-state index contributed by atoms with van der Waals surface area (Å²) in [6.45, 7) is 2.01. The van der Waals surface area contributed by atoms with Crippen LogP contribution in [0.3, 0.4) is 0 Å². The highest BCUT2D eigenvalue weighted by atomic mass is 16.3. The highest BCUT2D eigenvalue weighted by molar-refractivity contribution is 4.46. The summed E-state index contributed by atoms with van der Waals surface area (Å²) in [7, 11) is 1.85. The topological polar surface area (TPSA) is 32.3 Å². The molecular formula is C4H10NO. The van der Waals surface area contributed by atoms with E-state index in [9.17, 15) is 0 Å². The molecule has 0 saturated heterocycles. The van der Waals surface area contributed by atoms with Crippen molar-refractivity contribution in [1.82, 2.24) is 5.32 Å². The normalized spacial score (nSPS) is 9.00. The lowest BCUT2D eigenvalue weighted by atomic mass is 10.5. The molecule has 1 radical (unpaired) electrons. The van der Waals surface area contributed by atoms with Crippen molar-refractivity contribution >= 4 is 0 Å². The van der Waals surface area contributed by atoms with Crippen molar-refractivity contribution in [3.8, 4) is 0 Å². The highest BCUT2D eigenvalue weighted by Crippen LogP contribution is 1.73. The van der Waals surface area contributed by atoms with Gasteiger partial charge in [0.1, 0.15) is 0 Å². The first-order valence-corrected chi connectivity index (χ1v) is 2.02. The lowest BCUT2D eigenvalue weighted by molar-refractivity contribution is 0.373. The third-order valence-electron chi connectivity index (χ3n) is 0.523. The molecule has 0 aromatic carbocycles. The minimum Gasteiger partial charge on any atom is -0.390 e. The van der Waals surface area contributed by atoms with Crippen LogP contribution in [0.25, 0.3) is 0 Å². The number of hydrogen-bond donors (Lipinski definition) is 2. The van der Waals surface area contributed by atoms with E-state index in [0.717, 1.165) is 19.6 Å². The van der Waals surface area contributed by atoms with Crippen LogP contribution in [0.2, 0.25) is 0 Å². The number of hydrogen-bond acceptors (Lipinski definition) is 2. The van der Waals surface area contributed by atoms with E-state index in [2.05, 4.69) is 5.32 Å². The second-order valence-electron chi connectivity index (χ2n) is 1.07. The van der Waals surface area contributed by atoms with Crippen molar-refractivity contribution < 1.29 is 5.11 Å². The van der Waals surface area contributed by atoms with Gasteiger partial charge in [-0.2, -0.15) is 0 Å². The fourth-order valence-corrected chi connectivity index (χ4v) is 0.209. The molecule has 2 N–H and O–H groups in total. The van der Waals surface area contributed by atoms with Gasteiger partial charge in [0.25, 0.3) is 0 Å². The second kappa shape index (κ2) is 4.92. The van der Waals surface area contributed by atoms with Crippen molar-refractivity contribution in [1.29, 1.82) is 0 Å². The predicted molar refractivity (Wildman–Crippen MR) is 24.8 cm³/mol. The fourth-order valence-electron chi connectivity index (χ4n) is 0.209. The van der Waals surface area contributed by atoms with Crippen LogP contribution >= 0.6 is 0 Å². The average molecular weight is 88.1 g/mol. The third kappa shape index (κ3) is 3.92. The Morgan fingerprint density at radius 1 is 1.83 bits per heavy atom. The van der Waals surface area contributed by atoms with E-state index in [1.165, 1.54) is 0 Å². The Balaban J connectivity index is 2.34. The summed E-state index contributed by atoms with van der Waals surface area (Å²) in [5.41, 5.74) is 0. The molecule has 0 fully saturated rings. The molecule has 0 bridgehead atoms. The van der Waals surface area contributed by atoms with Crippen LogP contribution in [0.4, 0.5) is 0 Å². The van der Waals surface area contributed by atoms with Crippen molar-refractivity contribution in [3.05, 3.63) is 6.61 Å². The van der Waals surface area contributed by atoms with Crippen molar-refractivity contribution in [3.63, 3.8) is 0 Å². The first-order chi connectivity index (χ1) is 2.91. The lowest BCUT2D eigenvalue weighted by Gasteiger charge is -1.88. The molecule has 0 aliphatic carbocycles. The molecule has 0 aromatic rings. The van der Waals surface area contributed by atoms with Crippen LogP contribution in [0, 0.1) is 6.61 Å². The molecule has 0 unspecified atom stereocenters. The zero-order chi connectivity index (χ0) is 4.83. The molecule has 2 nitrogen and oxygen atoms in total. The van der Waals surface area contributed by atoms with Crippen LogP contribution in [-0.2, 0) is 0 Å². The Labute approximate surface area is 38.2 Å². The van der Waals surface area contributed by atoms with Gasteiger partial charge < -0.3 is 10.4 Å². The monoisotopic (exact) mass is 88.1 g/mol. The number of aliphatic hydroxyl groups excluding tert-OH is 1. The molecule has 0 aliphatic rings. The second-order valence-corrected chi connectivity index (χ2v) is 1.07. The Morgan fingerprint density at radius 2 is 2.50 bits per heavy atom. The van der Waals surface area contributed by atoms with Crippen molar-refractivity contribution in [2.24, 2.45) is 0 Å². The minimum absolute atomic E-state index is 0.733. The Bertz CT molecular complexity index is 19.5. The van der Waals surface area contributed by atoms with E-state index in [-0.39, 0.29) is 0 Å². The van der Waals surface area contributed by atoms with Gasteiger partial charge >= 0.3 is 0 Å². The summed E-state index contributed by atoms with van der Waals surface area (Å²) in [6.07, 6.45) is 0.733. The quantitative estimate of drug-likeness (QED) is 0.481. The molecule has 0 atom stereocenters. The average Bonchev–Trinajstić information content (AvgIpc) is 1.61. The van der Waals surface area contributed by atoms with Gasteiger partial charge in [0, 0.05) is 0 Å². The number of aliphatic hydroxyl groups is 1.